The number of likely N-dealkylation sites (N-methyl/N-ethyl adjacent to an activating group) is 2. The predicted octanol–water partition coefficient (Wildman–Crippen LogP) is 4.49. The van der Waals surface area contributed by atoms with Crippen molar-refractivity contribution in [2.24, 2.45) is 0 Å². The molecule has 12 heteroatoms. The number of carbonyl (C=O) groups is 1. The van der Waals surface area contributed by atoms with Crippen LogP contribution >= 0.6 is 0 Å². The largest absolute Gasteiger partial charge is 0.502 e. The van der Waals surface area contributed by atoms with E-state index in [0.29, 0.717) is 40.5 Å². The van der Waals surface area contributed by atoms with Crippen LogP contribution in [0.3, 0.4) is 0 Å². The van der Waals surface area contributed by atoms with Gasteiger partial charge in [0.1, 0.15) is 23.7 Å². The lowest BCUT2D eigenvalue weighted by Gasteiger charge is -2.25. The summed E-state index contributed by atoms with van der Waals surface area (Å²) in [7, 11) is 7.27. The van der Waals surface area contributed by atoms with Crippen molar-refractivity contribution >= 4 is 22.9 Å². The number of benzene rings is 1. The fourth-order valence-corrected chi connectivity index (χ4v) is 4.38. The minimum absolute atomic E-state index is 0.0405. The van der Waals surface area contributed by atoms with E-state index in [9.17, 15) is 10.1 Å². The Morgan fingerprint density at radius 3 is 2.58 bits per heavy atom. The minimum Gasteiger partial charge on any atom is -0.502 e. The van der Waals surface area contributed by atoms with Crippen molar-refractivity contribution in [1.29, 1.82) is 5.26 Å². The third-order valence-corrected chi connectivity index (χ3v) is 6.52. The molecule has 0 aliphatic carbocycles. The van der Waals surface area contributed by atoms with Crippen LogP contribution in [0.5, 0.6) is 0 Å². The molecule has 43 heavy (non-hydrogen) atoms. The SMILES string of the molecule is C=CC(=O)N/C(=C/C(=C/OC)Nc1ncc(C#N)c(-c2cc(F)c3nc(C)n(C(C)C)c3c2)n1)C(=C)N(C)CCN(C)C. The van der Waals surface area contributed by atoms with E-state index in [2.05, 4.69) is 44.8 Å². The molecule has 3 rings (SSSR count). The molecule has 2 aromatic heterocycles. The van der Waals surface area contributed by atoms with Crippen LogP contribution in [0.25, 0.3) is 22.3 Å². The first-order valence-electron chi connectivity index (χ1n) is 13.6. The maximum atomic E-state index is 15.2. The van der Waals surface area contributed by atoms with Crippen molar-refractivity contribution in [3.63, 3.8) is 0 Å². The summed E-state index contributed by atoms with van der Waals surface area (Å²) < 4.78 is 22.4. The highest BCUT2D eigenvalue weighted by molar-refractivity contribution is 5.89. The average molecular weight is 588 g/mol. The molecule has 0 saturated carbocycles. The van der Waals surface area contributed by atoms with Crippen LogP contribution in [0.15, 0.2) is 67.0 Å². The number of rotatable bonds is 13. The minimum atomic E-state index is -0.519. The highest BCUT2D eigenvalue weighted by Crippen LogP contribution is 2.30. The van der Waals surface area contributed by atoms with Crippen LogP contribution < -0.4 is 10.6 Å². The Kier molecular flexibility index (Phi) is 10.8. The van der Waals surface area contributed by atoms with Gasteiger partial charge < -0.3 is 29.7 Å². The van der Waals surface area contributed by atoms with Gasteiger partial charge in [-0.15, -0.1) is 0 Å². The summed E-state index contributed by atoms with van der Waals surface area (Å²) in [6, 6.07) is 5.22. The Labute approximate surface area is 251 Å². The zero-order valence-corrected chi connectivity index (χ0v) is 25.7. The molecule has 0 unspecified atom stereocenters. The van der Waals surface area contributed by atoms with Gasteiger partial charge in [0.05, 0.1) is 47.2 Å². The highest BCUT2D eigenvalue weighted by atomic mass is 19.1. The number of ether oxygens (including phenoxy) is 1. The van der Waals surface area contributed by atoms with E-state index in [1.807, 2.05) is 56.3 Å². The zero-order valence-electron chi connectivity index (χ0n) is 25.7. The van der Waals surface area contributed by atoms with E-state index in [1.54, 1.807) is 12.1 Å². The van der Waals surface area contributed by atoms with Crippen LogP contribution in [0.1, 0.15) is 31.3 Å². The Bertz CT molecular complexity index is 1630. The second-order valence-electron chi connectivity index (χ2n) is 10.4. The van der Waals surface area contributed by atoms with Gasteiger partial charge in [-0.3, -0.25) is 4.79 Å². The third kappa shape index (κ3) is 7.84. The molecular weight excluding hydrogens is 549 g/mol. The van der Waals surface area contributed by atoms with Gasteiger partial charge in [-0.25, -0.2) is 19.3 Å². The quantitative estimate of drug-likeness (QED) is 0.169. The molecule has 226 valence electrons. The number of anilines is 1. The number of halogens is 1. The number of allylic oxidation sites excluding steroid dienone is 1. The number of aromatic nitrogens is 4. The van der Waals surface area contributed by atoms with Gasteiger partial charge >= 0.3 is 0 Å². The summed E-state index contributed by atoms with van der Waals surface area (Å²) in [6.45, 7) is 14.9. The molecule has 0 saturated heterocycles. The summed E-state index contributed by atoms with van der Waals surface area (Å²) in [5, 5.41) is 15.7. The van der Waals surface area contributed by atoms with Gasteiger partial charge in [0.2, 0.25) is 11.9 Å². The van der Waals surface area contributed by atoms with Gasteiger partial charge in [-0.2, -0.15) is 5.26 Å². The molecule has 2 heterocycles. The fourth-order valence-electron chi connectivity index (χ4n) is 4.38. The molecule has 0 radical (unpaired) electrons. The molecule has 0 atom stereocenters. The molecular formula is C31H38FN9O2. The van der Waals surface area contributed by atoms with Gasteiger partial charge in [0.25, 0.3) is 0 Å². The lowest BCUT2D eigenvalue weighted by Crippen LogP contribution is -2.32. The number of fused-ring (bicyclic) bond motifs is 1. The second kappa shape index (κ2) is 14.2. The van der Waals surface area contributed by atoms with Crippen molar-refractivity contribution < 1.29 is 13.9 Å². The van der Waals surface area contributed by atoms with E-state index in [-0.39, 0.29) is 28.8 Å². The molecule has 3 aromatic rings. The first-order valence-corrected chi connectivity index (χ1v) is 13.6. The van der Waals surface area contributed by atoms with Crippen molar-refractivity contribution in [3.05, 3.63) is 84.2 Å². The lowest BCUT2D eigenvalue weighted by atomic mass is 10.1. The molecule has 0 aliphatic heterocycles. The molecule has 2 N–H and O–H groups in total. The Balaban J connectivity index is 2.06. The van der Waals surface area contributed by atoms with Gasteiger partial charge in [0, 0.05) is 31.7 Å². The molecule has 0 bridgehead atoms. The molecule has 11 nitrogen and oxygen atoms in total. The number of hydrogen-bond acceptors (Lipinski definition) is 9. The van der Waals surface area contributed by atoms with Crippen molar-refractivity contribution in [2.45, 2.75) is 26.8 Å². The maximum Gasteiger partial charge on any atom is 0.247 e. The molecule has 0 spiro atoms. The molecule has 1 amide bonds. The number of nitrogens with one attached hydrogen (secondary N) is 2. The normalized spacial score (nSPS) is 11.9. The van der Waals surface area contributed by atoms with E-state index in [0.717, 1.165) is 12.6 Å². The summed E-state index contributed by atoms with van der Waals surface area (Å²) in [6.07, 6.45) is 5.55. The average Bonchev–Trinajstić information content (AvgIpc) is 3.31. The number of aryl methyl sites for hydroxylation is 1. The number of hydrogen-bond donors (Lipinski definition) is 2. The van der Waals surface area contributed by atoms with Crippen LogP contribution in [0, 0.1) is 24.1 Å². The van der Waals surface area contributed by atoms with Crippen molar-refractivity contribution in [2.75, 3.05) is 46.7 Å². The van der Waals surface area contributed by atoms with Gasteiger partial charge in [0.15, 0.2) is 5.82 Å². The molecule has 0 aliphatic rings. The highest BCUT2D eigenvalue weighted by Gasteiger charge is 2.19. The predicted molar refractivity (Wildman–Crippen MR) is 166 cm³/mol. The number of nitrogens with zero attached hydrogens (tertiary/aromatic N) is 7. The second-order valence-corrected chi connectivity index (χ2v) is 10.4. The Hall–Kier alpha value is -5.02. The van der Waals surface area contributed by atoms with Crippen molar-refractivity contribution in [1.82, 2.24) is 34.6 Å². The Morgan fingerprint density at radius 1 is 1.26 bits per heavy atom. The molecule has 1 aromatic carbocycles. The first kappa shape index (κ1) is 32.5. The van der Waals surface area contributed by atoms with E-state index >= 15 is 4.39 Å². The van der Waals surface area contributed by atoms with Crippen molar-refractivity contribution in [3.8, 4) is 17.3 Å². The summed E-state index contributed by atoms with van der Waals surface area (Å²) >= 11 is 0. The lowest BCUT2D eigenvalue weighted by molar-refractivity contribution is -0.115. The van der Waals surface area contributed by atoms with Crippen LogP contribution in [0.2, 0.25) is 0 Å². The van der Waals surface area contributed by atoms with Gasteiger partial charge in [-0.05, 0) is 59.2 Å². The maximum absolute atomic E-state index is 15.2. The van der Waals surface area contributed by atoms with Crippen LogP contribution in [-0.4, -0.2) is 76.6 Å². The smallest absolute Gasteiger partial charge is 0.247 e. The van der Waals surface area contributed by atoms with Gasteiger partial charge in [-0.1, -0.05) is 13.2 Å². The van der Waals surface area contributed by atoms with Crippen LogP contribution in [0.4, 0.5) is 10.3 Å². The number of carbonyl (C=O) groups excluding carboxylic acids is 1. The number of nitriles is 1. The summed E-state index contributed by atoms with van der Waals surface area (Å²) in [4.78, 5) is 29.5. The van der Waals surface area contributed by atoms with Crippen LogP contribution in [-0.2, 0) is 9.53 Å². The summed E-state index contributed by atoms with van der Waals surface area (Å²) in [5.41, 5.74) is 2.96. The topological polar surface area (TPSA) is 124 Å². The van der Waals surface area contributed by atoms with E-state index < -0.39 is 11.7 Å². The van der Waals surface area contributed by atoms with E-state index in [1.165, 1.54) is 25.6 Å². The summed E-state index contributed by atoms with van der Waals surface area (Å²) in [5.74, 6) is -0.144. The number of imidazole rings is 1. The number of methoxy groups -OCH3 is 1. The zero-order chi connectivity index (χ0) is 31.8. The monoisotopic (exact) mass is 587 g/mol. The number of amides is 1. The Morgan fingerprint density at radius 2 is 1.98 bits per heavy atom. The standard InChI is InChI=1S/C31H38FN9O2/c1-10-28(42)37-26(20(4)40(8)12-11-39(6)7)15-24(18-43-9)36-31-34-17-23(16-33)29(38-31)22-13-25(32)30-27(14-22)41(19(2)3)21(5)35-30/h10,13-15,17-19H,1,4,11-12H2,2-3,5-9H3,(H,37,42)(H,34,36,38)/b24-18-,26-15+. The first-order chi connectivity index (χ1) is 20.4. The van der Waals surface area contributed by atoms with E-state index in [4.69, 9.17) is 4.74 Å². The molecule has 0 fully saturated rings. The fraction of sp³-hybridized carbons (Fsp3) is 0.323. The third-order valence-electron chi connectivity index (χ3n) is 6.52.